The van der Waals surface area contributed by atoms with Crippen molar-refractivity contribution >= 4 is 16.8 Å². The largest absolute Gasteiger partial charge is 0.491 e. The second-order valence-electron chi connectivity index (χ2n) is 7.26. The maximum absolute atomic E-state index is 12.4. The molecule has 1 saturated heterocycles. The number of hydrogen-bond acceptors (Lipinski definition) is 3. The fourth-order valence-corrected chi connectivity index (χ4v) is 3.26. The van der Waals surface area contributed by atoms with E-state index in [-0.39, 0.29) is 12.1 Å². The van der Waals surface area contributed by atoms with E-state index in [1.54, 1.807) is 11.8 Å². The van der Waals surface area contributed by atoms with E-state index >= 15 is 0 Å². The number of aliphatic hydroxyl groups is 1. The highest BCUT2D eigenvalue weighted by atomic mass is 16.5. The lowest BCUT2D eigenvalue weighted by Crippen LogP contribution is -2.40. The molecule has 0 bridgehead atoms. The Morgan fingerprint density at radius 3 is 2.76 bits per heavy atom. The Labute approximate surface area is 148 Å². The third-order valence-corrected chi connectivity index (χ3v) is 4.52. The van der Waals surface area contributed by atoms with E-state index in [4.69, 9.17) is 4.74 Å². The molecular weight excluding hydrogens is 316 g/mol. The standard InChI is InChI=1S/C20H26N2O3/c1-14(2)25-18-9-8-15-6-4-5-7-16(15)17(18)12-21-19(23)22-11-10-20(3,24)13-22/h4-9,14,24H,10-13H2,1-3H3,(H,21,23)/t20-/m0/s1. The Balaban J connectivity index is 1.80. The lowest BCUT2D eigenvalue weighted by atomic mass is 10.0. The maximum Gasteiger partial charge on any atom is 0.317 e. The maximum atomic E-state index is 12.4. The molecule has 1 aliphatic heterocycles. The molecule has 0 unspecified atom stereocenters. The molecule has 5 heteroatoms. The fourth-order valence-electron chi connectivity index (χ4n) is 3.26. The number of urea groups is 1. The first-order chi connectivity index (χ1) is 11.9. The van der Waals surface area contributed by atoms with E-state index in [9.17, 15) is 9.90 Å². The topological polar surface area (TPSA) is 61.8 Å². The van der Waals surface area contributed by atoms with Crippen molar-refractivity contribution in [2.24, 2.45) is 0 Å². The molecule has 2 amide bonds. The number of carbonyl (C=O) groups is 1. The zero-order chi connectivity index (χ0) is 18.0. The van der Waals surface area contributed by atoms with Gasteiger partial charge < -0.3 is 20.1 Å². The van der Waals surface area contributed by atoms with E-state index in [1.165, 1.54) is 0 Å². The predicted molar refractivity (Wildman–Crippen MR) is 98.8 cm³/mol. The Hall–Kier alpha value is -2.27. The van der Waals surface area contributed by atoms with Crippen molar-refractivity contribution < 1.29 is 14.6 Å². The van der Waals surface area contributed by atoms with Crippen LogP contribution < -0.4 is 10.1 Å². The zero-order valence-corrected chi connectivity index (χ0v) is 15.1. The number of hydrogen-bond donors (Lipinski definition) is 2. The van der Waals surface area contributed by atoms with Gasteiger partial charge in [0.2, 0.25) is 0 Å². The monoisotopic (exact) mass is 342 g/mol. The summed E-state index contributed by atoms with van der Waals surface area (Å²) >= 11 is 0. The van der Waals surface area contributed by atoms with Crippen LogP contribution in [0.5, 0.6) is 5.75 Å². The van der Waals surface area contributed by atoms with Crippen LogP contribution in [0, 0.1) is 0 Å². The highest BCUT2D eigenvalue weighted by Gasteiger charge is 2.33. The van der Waals surface area contributed by atoms with E-state index in [1.807, 2.05) is 44.2 Å². The van der Waals surface area contributed by atoms with Crippen LogP contribution in [0.15, 0.2) is 36.4 Å². The van der Waals surface area contributed by atoms with Crippen molar-refractivity contribution in [3.05, 3.63) is 42.0 Å². The number of β-amino-alcohol motifs (C(OH)–C–C–N with tert-alkyl or cyclic N) is 1. The number of nitrogens with zero attached hydrogens (tertiary/aromatic N) is 1. The van der Waals surface area contributed by atoms with E-state index in [0.717, 1.165) is 22.1 Å². The van der Waals surface area contributed by atoms with Gasteiger partial charge in [0.05, 0.1) is 18.2 Å². The van der Waals surface area contributed by atoms with Crippen molar-refractivity contribution in [3.63, 3.8) is 0 Å². The molecule has 0 saturated carbocycles. The summed E-state index contributed by atoms with van der Waals surface area (Å²) < 4.78 is 5.94. The first-order valence-electron chi connectivity index (χ1n) is 8.78. The number of nitrogens with one attached hydrogen (secondary N) is 1. The Bertz CT molecular complexity index is 771. The smallest absolute Gasteiger partial charge is 0.317 e. The summed E-state index contributed by atoms with van der Waals surface area (Å²) in [6, 6.07) is 11.9. The molecular formula is C20H26N2O3. The molecule has 1 atom stereocenters. The number of benzene rings is 2. The summed E-state index contributed by atoms with van der Waals surface area (Å²) in [6.07, 6.45) is 0.667. The third kappa shape index (κ3) is 4.04. The van der Waals surface area contributed by atoms with Crippen LogP contribution in [0.1, 0.15) is 32.8 Å². The molecule has 3 rings (SSSR count). The van der Waals surface area contributed by atoms with Gasteiger partial charge in [-0.2, -0.15) is 0 Å². The minimum absolute atomic E-state index is 0.0595. The van der Waals surface area contributed by atoms with Crippen LogP contribution >= 0.6 is 0 Å². The van der Waals surface area contributed by atoms with E-state index in [0.29, 0.717) is 26.1 Å². The summed E-state index contributed by atoms with van der Waals surface area (Å²) in [4.78, 5) is 14.1. The molecule has 0 radical (unpaired) electrons. The lowest BCUT2D eigenvalue weighted by molar-refractivity contribution is 0.0719. The van der Waals surface area contributed by atoms with Crippen molar-refractivity contribution in [1.82, 2.24) is 10.2 Å². The molecule has 2 aromatic carbocycles. The average molecular weight is 342 g/mol. The summed E-state index contributed by atoms with van der Waals surface area (Å²) in [6.45, 7) is 7.07. The van der Waals surface area contributed by atoms with Gasteiger partial charge in [-0.15, -0.1) is 0 Å². The number of fused-ring (bicyclic) bond motifs is 1. The SMILES string of the molecule is CC(C)Oc1ccc2ccccc2c1CNC(=O)N1CC[C@](C)(O)C1. The van der Waals surface area contributed by atoms with Gasteiger partial charge in [-0.25, -0.2) is 4.79 Å². The van der Waals surface area contributed by atoms with Gasteiger partial charge in [0.25, 0.3) is 0 Å². The number of amides is 2. The molecule has 2 N–H and O–H groups in total. The fraction of sp³-hybridized carbons (Fsp3) is 0.450. The van der Waals surface area contributed by atoms with Crippen molar-refractivity contribution in [1.29, 1.82) is 0 Å². The van der Waals surface area contributed by atoms with Crippen molar-refractivity contribution in [2.75, 3.05) is 13.1 Å². The molecule has 1 aliphatic rings. The van der Waals surface area contributed by atoms with Crippen LogP contribution in [0.25, 0.3) is 10.8 Å². The molecule has 0 spiro atoms. The first-order valence-corrected chi connectivity index (χ1v) is 8.78. The summed E-state index contributed by atoms with van der Waals surface area (Å²) in [5.74, 6) is 0.794. The molecule has 0 aliphatic carbocycles. The zero-order valence-electron chi connectivity index (χ0n) is 15.1. The van der Waals surface area contributed by atoms with Crippen LogP contribution in [0.4, 0.5) is 4.79 Å². The summed E-state index contributed by atoms with van der Waals surface area (Å²) in [5.41, 5.74) is 0.189. The summed E-state index contributed by atoms with van der Waals surface area (Å²) in [5, 5.41) is 15.2. The van der Waals surface area contributed by atoms with Gasteiger partial charge >= 0.3 is 6.03 Å². The molecule has 134 valence electrons. The van der Waals surface area contributed by atoms with Crippen LogP contribution in [-0.2, 0) is 6.54 Å². The highest BCUT2D eigenvalue weighted by Crippen LogP contribution is 2.29. The van der Waals surface area contributed by atoms with Gasteiger partial charge in [0.15, 0.2) is 0 Å². The molecule has 2 aromatic rings. The predicted octanol–water partition coefficient (Wildman–Crippen LogP) is 3.29. The average Bonchev–Trinajstić information content (AvgIpc) is 2.93. The number of rotatable bonds is 4. The van der Waals surface area contributed by atoms with Gasteiger partial charge in [-0.1, -0.05) is 30.3 Å². The summed E-state index contributed by atoms with van der Waals surface area (Å²) in [7, 11) is 0. The van der Waals surface area contributed by atoms with E-state index in [2.05, 4.69) is 11.4 Å². The molecule has 1 heterocycles. The number of carbonyl (C=O) groups excluding carboxylic acids is 1. The normalized spacial score (nSPS) is 20.3. The second kappa shape index (κ2) is 6.92. The third-order valence-electron chi connectivity index (χ3n) is 4.52. The van der Waals surface area contributed by atoms with Crippen molar-refractivity contribution in [3.8, 4) is 5.75 Å². The lowest BCUT2D eigenvalue weighted by Gasteiger charge is -2.21. The molecule has 1 fully saturated rings. The molecule has 25 heavy (non-hydrogen) atoms. The first kappa shape index (κ1) is 17.5. The minimum Gasteiger partial charge on any atom is -0.491 e. The van der Waals surface area contributed by atoms with Crippen LogP contribution in [0.3, 0.4) is 0 Å². The molecule has 0 aromatic heterocycles. The van der Waals surface area contributed by atoms with Crippen molar-refractivity contribution in [2.45, 2.75) is 45.4 Å². The quantitative estimate of drug-likeness (QED) is 0.896. The highest BCUT2D eigenvalue weighted by molar-refractivity contribution is 5.88. The number of ether oxygens (including phenoxy) is 1. The van der Waals surface area contributed by atoms with Crippen LogP contribution in [0.2, 0.25) is 0 Å². The minimum atomic E-state index is -0.789. The van der Waals surface area contributed by atoms with E-state index < -0.39 is 5.60 Å². The second-order valence-corrected chi connectivity index (χ2v) is 7.26. The van der Waals surface area contributed by atoms with Gasteiger partial charge in [0, 0.05) is 18.7 Å². The Morgan fingerprint density at radius 2 is 2.08 bits per heavy atom. The van der Waals surface area contributed by atoms with Gasteiger partial charge in [-0.05, 0) is 44.0 Å². The van der Waals surface area contributed by atoms with Gasteiger partial charge in [0.1, 0.15) is 5.75 Å². The number of likely N-dealkylation sites (tertiary alicyclic amines) is 1. The Kier molecular flexibility index (Phi) is 4.86. The van der Waals surface area contributed by atoms with Crippen LogP contribution in [-0.4, -0.2) is 40.8 Å². The van der Waals surface area contributed by atoms with Gasteiger partial charge in [-0.3, -0.25) is 0 Å². The Morgan fingerprint density at radius 1 is 1.32 bits per heavy atom. The molecule has 5 nitrogen and oxygen atoms in total.